The Morgan fingerprint density at radius 3 is 2.73 bits per heavy atom. The number of esters is 1. The van der Waals surface area contributed by atoms with Gasteiger partial charge in [0.25, 0.3) is 11.5 Å². The summed E-state index contributed by atoms with van der Waals surface area (Å²) in [6, 6.07) is 2.86. The summed E-state index contributed by atoms with van der Waals surface area (Å²) in [5.74, 6) is -1.65. The topological polar surface area (TPSA) is 162 Å². The molecule has 2 aromatic heterocycles. The van der Waals surface area contributed by atoms with Gasteiger partial charge in [-0.05, 0) is 45.2 Å². The first-order valence-electron chi connectivity index (χ1n) is 12.1. The molecule has 3 amide bonds. The zero-order valence-electron chi connectivity index (χ0n) is 21.0. The molecule has 0 unspecified atom stereocenters. The Labute approximate surface area is 213 Å². The molecule has 2 aromatic rings. The van der Waals surface area contributed by atoms with E-state index in [9.17, 15) is 24.0 Å². The maximum Gasteiger partial charge on any atom is 0.330 e. The molecular formula is C25H31N5O7. The van der Waals surface area contributed by atoms with Gasteiger partial charge in [0.1, 0.15) is 17.5 Å². The number of nitrogens with zero attached hydrogens (tertiary/aromatic N) is 2. The van der Waals surface area contributed by atoms with Gasteiger partial charge in [-0.2, -0.15) is 0 Å². The Morgan fingerprint density at radius 1 is 1.32 bits per heavy atom. The molecule has 0 saturated carbocycles. The van der Waals surface area contributed by atoms with Gasteiger partial charge in [0.15, 0.2) is 5.69 Å². The number of hydrogen-bond acceptors (Lipinski definition) is 8. The van der Waals surface area contributed by atoms with Crippen LogP contribution in [0.2, 0.25) is 0 Å². The van der Waals surface area contributed by atoms with E-state index < -0.39 is 35.4 Å². The number of anilines is 1. The van der Waals surface area contributed by atoms with Crippen molar-refractivity contribution in [3.8, 4) is 0 Å². The van der Waals surface area contributed by atoms with Crippen molar-refractivity contribution in [3.63, 3.8) is 0 Å². The van der Waals surface area contributed by atoms with Gasteiger partial charge in [-0.15, -0.1) is 0 Å². The molecule has 3 N–H and O–H groups in total. The lowest BCUT2D eigenvalue weighted by atomic mass is 9.97. The number of carbonyl (C=O) groups is 4. The van der Waals surface area contributed by atoms with Crippen LogP contribution < -0.4 is 21.5 Å². The van der Waals surface area contributed by atoms with Crippen LogP contribution in [0, 0.1) is 12.8 Å². The zero-order valence-corrected chi connectivity index (χ0v) is 21.0. The quantitative estimate of drug-likeness (QED) is 0.301. The third-order valence-electron chi connectivity index (χ3n) is 5.89. The van der Waals surface area contributed by atoms with Gasteiger partial charge in [-0.3, -0.25) is 19.2 Å². The van der Waals surface area contributed by atoms with E-state index >= 15 is 0 Å². The SMILES string of the molecule is CCOC(=O)C=C[C@H](C[C@@H]1CCNC1=O)NC(=O)[C@H](CC)n1cccc(NC(=O)c2cc(C)on2)c1=O. The second-order valence-electron chi connectivity index (χ2n) is 8.57. The lowest BCUT2D eigenvalue weighted by molar-refractivity contribution is -0.137. The van der Waals surface area contributed by atoms with Gasteiger partial charge in [-0.1, -0.05) is 18.2 Å². The van der Waals surface area contributed by atoms with Crippen LogP contribution in [0.1, 0.15) is 55.4 Å². The van der Waals surface area contributed by atoms with Gasteiger partial charge >= 0.3 is 5.97 Å². The highest BCUT2D eigenvalue weighted by Crippen LogP contribution is 2.18. The van der Waals surface area contributed by atoms with E-state index in [0.29, 0.717) is 18.7 Å². The first-order chi connectivity index (χ1) is 17.7. The maximum atomic E-state index is 13.3. The summed E-state index contributed by atoms with van der Waals surface area (Å²) in [4.78, 5) is 62.8. The second kappa shape index (κ2) is 12.7. The van der Waals surface area contributed by atoms with Gasteiger partial charge in [0.05, 0.1) is 6.61 Å². The third-order valence-corrected chi connectivity index (χ3v) is 5.89. The summed E-state index contributed by atoms with van der Waals surface area (Å²) < 4.78 is 11.0. The predicted octanol–water partition coefficient (Wildman–Crippen LogP) is 1.48. The maximum absolute atomic E-state index is 13.3. The summed E-state index contributed by atoms with van der Waals surface area (Å²) in [6.07, 6.45) is 5.33. The molecule has 1 aliphatic heterocycles. The standard InChI is InChI=1S/C25H31N5O7/c1-4-20(30-12-6-7-18(25(30)35)28-23(33)19-13-15(3)37-29-19)24(34)27-17(8-9-21(31)36-5-2)14-16-10-11-26-22(16)32/h6-9,12-13,16-17,20H,4-5,10-11,14H2,1-3H3,(H,26,32)(H,27,34)(H,28,33)/t16-,17+,20-/m0/s1. The fraction of sp³-hybridized carbons (Fsp3) is 0.440. The van der Waals surface area contributed by atoms with E-state index in [1.165, 1.54) is 35.0 Å². The van der Waals surface area contributed by atoms with Crippen LogP contribution in [0.25, 0.3) is 0 Å². The summed E-state index contributed by atoms with van der Waals surface area (Å²) >= 11 is 0. The summed E-state index contributed by atoms with van der Waals surface area (Å²) in [5.41, 5.74) is -0.586. The minimum absolute atomic E-state index is 0.0178. The van der Waals surface area contributed by atoms with E-state index in [1.54, 1.807) is 26.8 Å². The van der Waals surface area contributed by atoms with Crippen molar-refractivity contribution < 1.29 is 28.4 Å². The van der Waals surface area contributed by atoms with E-state index in [-0.39, 0.29) is 42.7 Å². The molecule has 0 aliphatic carbocycles. The monoisotopic (exact) mass is 513 g/mol. The van der Waals surface area contributed by atoms with Crippen molar-refractivity contribution in [2.75, 3.05) is 18.5 Å². The molecule has 1 saturated heterocycles. The summed E-state index contributed by atoms with van der Waals surface area (Å²) in [5, 5.41) is 11.7. The highest BCUT2D eigenvalue weighted by molar-refractivity contribution is 6.02. The van der Waals surface area contributed by atoms with Crippen molar-refractivity contribution in [1.29, 1.82) is 0 Å². The zero-order chi connectivity index (χ0) is 26.9. The number of pyridine rings is 1. The number of amides is 3. The molecule has 3 rings (SSSR count). The van der Waals surface area contributed by atoms with Crippen molar-refractivity contribution in [2.24, 2.45) is 5.92 Å². The van der Waals surface area contributed by atoms with E-state index in [4.69, 9.17) is 9.26 Å². The molecule has 0 radical (unpaired) electrons. The number of rotatable bonds is 11. The van der Waals surface area contributed by atoms with E-state index in [2.05, 4.69) is 21.1 Å². The number of aryl methyl sites for hydroxylation is 1. The van der Waals surface area contributed by atoms with Crippen LogP contribution in [0.4, 0.5) is 5.69 Å². The predicted molar refractivity (Wildman–Crippen MR) is 133 cm³/mol. The fourth-order valence-corrected chi connectivity index (χ4v) is 4.04. The molecule has 0 spiro atoms. The van der Waals surface area contributed by atoms with Crippen LogP contribution >= 0.6 is 0 Å². The molecule has 37 heavy (non-hydrogen) atoms. The lowest BCUT2D eigenvalue weighted by Crippen LogP contribution is -2.42. The Balaban J connectivity index is 1.79. The Hall–Kier alpha value is -4.22. The van der Waals surface area contributed by atoms with Crippen LogP contribution in [-0.2, 0) is 19.1 Å². The summed E-state index contributed by atoms with van der Waals surface area (Å²) in [7, 11) is 0. The lowest BCUT2D eigenvalue weighted by Gasteiger charge is -2.23. The molecule has 1 aliphatic rings. The number of ether oxygens (including phenoxy) is 1. The summed E-state index contributed by atoms with van der Waals surface area (Å²) in [6.45, 7) is 5.81. The minimum atomic E-state index is -0.908. The van der Waals surface area contributed by atoms with Crippen LogP contribution in [0.3, 0.4) is 0 Å². The molecule has 0 aromatic carbocycles. The van der Waals surface area contributed by atoms with Gasteiger partial charge in [-0.25, -0.2) is 4.79 Å². The van der Waals surface area contributed by atoms with E-state index in [1.807, 2.05) is 0 Å². The molecule has 198 valence electrons. The van der Waals surface area contributed by atoms with Crippen molar-refractivity contribution in [3.05, 3.63) is 58.4 Å². The largest absolute Gasteiger partial charge is 0.463 e. The Kier molecular flexibility index (Phi) is 9.36. The molecule has 12 nitrogen and oxygen atoms in total. The average Bonchev–Trinajstić information content (AvgIpc) is 3.48. The molecule has 12 heteroatoms. The first-order valence-corrected chi connectivity index (χ1v) is 12.1. The van der Waals surface area contributed by atoms with Gasteiger partial charge in [0, 0.05) is 36.8 Å². The van der Waals surface area contributed by atoms with Crippen LogP contribution in [0.15, 0.2) is 45.9 Å². The van der Waals surface area contributed by atoms with Crippen molar-refractivity contribution in [1.82, 2.24) is 20.4 Å². The van der Waals surface area contributed by atoms with Crippen molar-refractivity contribution in [2.45, 2.75) is 52.1 Å². The van der Waals surface area contributed by atoms with E-state index in [0.717, 1.165) is 0 Å². The average molecular weight is 514 g/mol. The smallest absolute Gasteiger partial charge is 0.330 e. The number of aromatic nitrogens is 2. The van der Waals surface area contributed by atoms with Crippen LogP contribution in [-0.4, -0.2) is 52.6 Å². The second-order valence-corrected chi connectivity index (χ2v) is 8.57. The van der Waals surface area contributed by atoms with Gasteiger partial charge < -0.3 is 29.8 Å². The molecular weight excluding hydrogens is 482 g/mol. The Bertz CT molecular complexity index is 1230. The molecule has 3 heterocycles. The number of hydrogen-bond donors (Lipinski definition) is 3. The molecule has 3 atom stereocenters. The first kappa shape index (κ1) is 27.4. The highest BCUT2D eigenvalue weighted by atomic mass is 16.5. The fourth-order valence-electron chi connectivity index (χ4n) is 4.04. The van der Waals surface area contributed by atoms with Crippen LogP contribution in [0.5, 0.6) is 0 Å². The minimum Gasteiger partial charge on any atom is -0.463 e. The van der Waals surface area contributed by atoms with Gasteiger partial charge in [0.2, 0.25) is 11.8 Å². The third kappa shape index (κ3) is 7.15. The Morgan fingerprint density at radius 2 is 2.11 bits per heavy atom. The molecule has 0 bridgehead atoms. The number of carbonyl (C=O) groups excluding carboxylic acids is 4. The van der Waals surface area contributed by atoms with Crippen molar-refractivity contribution >= 4 is 29.4 Å². The highest BCUT2D eigenvalue weighted by Gasteiger charge is 2.29. The normalized spacial score (nSPS) is 16.7. The number of nitrogens with one attached hydrogen (secondary N) is 3. The molecule has 1 fully saturated rings.